The molecule has 3 aromatic rings. The Morgan fingerprint density at radius 1 is 0.970 bits per heavy atom. The molecule has 2 unspecified atom stereocenters. The third kappa shape index (κ3) is 5.02. The monoisotopic (exact) mass is 442 g/mol. The minimum Gasteiger partial charge on any atom is -0.425 e. The number of primary amides is 1. The zero-order valence-corrected chi connectivity index (χ0v) is 18.2. The number of amides is 1. The molecule has 6 heteroatoms. The summed E-state index contributed by atoms with van der Waals surface area (Å²) in [4.78, 5) is 29.3. The number of carbonyl (C=O) groups is 2. The van der Waals surface area contributed by atoms with Gasteiger partial charge >= 0.3 is 5.97 Å². The summed E-state index contributed by atoms with van der Waals surface area (Å²) in [6.07, 6.45) is 2.25. The topological polar surface area (TPSA) is 102 Å². The first-order chi connectivity index (χ1) is 16.1. The van der Waals surface area contributed by atoms with Crippen LogP contribution in [0.5, 0.6) is 5.75 Å². The Morgan fingerprint density at radius 3 is 2.18 bits per heavy atom. The number of fused-ring (bicyclic) bond motifs is 1. The smallest absolute Gasteiger partial charge is 0.337 e. The van der Waals surface area contributed by atoms with Gasteiger partial charge in [-0.1, -0.05) is 72.8 Å². The number of carbonyl (C=O) groups excluding carboxylic acids is 2. The molecular weight excluding hydrogens is 416 g/mol. The molecule has 0 spiro atoms. The van der Waals surface area contributed by atoms with Gasteiger partial charge in [-0.2, -0.15) is 0 Å². The summed E-state index contributed by atoms with van der Waals surface area (Å²) in [5, 5.41) is 9.08. The maximum absolute atomic E-state index is 12.7. The van der Waals surface area contributed by atoms with E-state index in [9.17, 15) is 9.59 Å². The molecule has 0 bridgehead atoms. The lowest BCUT2D eigenvalue weighted by Gasteiger charge is -2.30. The Balaban J connectivity index is 1.80. The van der Waals surface area contributed by atoms with Gasteiger partial charge in [-0.05, 0) is 36.5 Å². The number of hydrogen-bond donors (Lipinski definition) is 2. The fourth-order valence-corrected chi connectivity index (χ4v) is 4.43. The molecule has 3 N–H and O–H groups in total. The first-order valence-electron chi connectivity index (χ1n) is 11.0. The van der Waals surface area contributed by atoms with Gasteiger partial charge in [-0.3, -0.25) is 9.79 Å². The molecule has 0 saturated heterocycles. The van der Waals surface area contributed by atoms with Crippen LogP contribution in [0.4, 0.5) is 0 Å². The van der Waals surface area contributed by atoms with Gasteiger partial charge in [0.1, 0.15) is 18.4 Å². The molecule has 0 radical (unpaired) electrons. The molecule has 1 aliphatic rings. The van der Waals surface area contributed by atoms with Crippen molar-refractivity contribution in [2.45, 2.75) is 31.2 Å². The number of nitrogens with zero attached hydrogens (tertiary/aromatic N) is 1. The predicted molar refractivity (Wildman–Crippen MR) is 126 cm³/mol. The number of aliphatic hydroxyl groups excluding tert-OH is 1. The van der Waals surface area contributed by atoms with E-state index < -0.39 is 24.5 Å². The number of benzene rings is 3. The molecule has 0 aromatic heterocycles. The average molecular weight is 443 g/mol. The summed E-state index contributed by atoms with van der Waals surface area (Å²) in [6, 6.07) is 24.1. The molecule has 4 rings (SSSR count). The van der Waals surface area contributed by atoms with Gasteiger partial charge in [0.25, 0.3) is 0 Å². The highest BCUT2D eigenvalue weighted by Crippen LogP contribution is 2.39. The summed E-state index contributed by atoms with van der Waals surface area (Å²) in [5.74, 6) is -1.06. The van der Waals surface area contributed by atoms with Crippen molar-refractivity contribution in [2.75, 3.05) is 6.61 Å². The Bertz CT molecular complexity index is 1120. The highest BCUT2D eigenvalue weighted by Gasteiger charge is 2.33. The summed E-state index contributed by atoms with van der Waals surface area (Å²) in [7, 11) is 0. The number of hydrogen-bond acceptors (Lipinski definition) is 5. The van der Waals surface area contributed by atoms with Crippen LogP contribution in [0.15, 0.2) is 83.9 Å². The summed E-state index contributed by atoms with van der Waals surface area (Å²) in [6.45, 7) is -0.696. The predicted octanol–water partition coefficient (Wildman–Crippen LogP) is 3.40. The highest BCUT2D eigenvalue weighted by atomic mass is 16.5. The second-order valence-corrected chi connectivity index (χ2v) is 8.01. The number of aliphatic imine (C=N–C) groups is 1. The van der Waals surface area contributed by atoms with Crippen molar-refractivity contribution < 1.29 is 19.4 Å². The van der Waals surface area contributed by atoms with Crippen molar-refractivity contribution in [2.24, 2.45) is 10.7 Å². The van der Waals surface area contributed by atoms with Crippen LogP contribution in [0.1, 0.15) is 41.0 Å². The van der Waals surface area contributed by atoms with Gasteiger partial charge in [0, 0.05) is 17.0 Å². The normalized spacial score (nSPS) is 15.7. The van der Waals surface area contributed by atoms with Gasteiger partial charge in [-0.15, -0.1) is 0 Å². The number of nitrogens with two attached hydrogens (primary N) is 1. The Hall–Kier alpha value is -3.77. The van der Waals surface area contributed by atoms with E-state index in [0.29, 0.717) is 17.9 Å². The van der Waals surface area contributed by atoms with Crippen molar-refractivity contribution in [3.63, 3.8) is 0 Å². The molecule has 3 aromatic carbocycles. The van der Waals surface area contributed by atoms with E-state index >= 15 is 0 Å². The van der Waals surface area contributed by atoms with Crippen LogP contribution >= 0.6 is 0 Å². The van der Waals surface area contributed by atoms with Crippen molar-refractivity contribution in [3.05, 3.63) is 101 Å². The van der Waals surface area contributed by atoms with Gasteiger partial charge in [-0.25, -0.2) is 4.79 Å². The summed E-state index contributed by atoms with van der Waals surface area (Å²) >= 11 is 0. The van der Waals surface area contributed by atoms with E-state index in [4.69, 9.17) is 20.6 Å². The molecule has 0 aliphatic heterocycles. The SMILES string of the molecule is NC(=O)C(N=C(c1ccccc1)c1ccccc1)C1CCCc2c(OC(=O)CO)cccc21. The van der Waals surface area contributed by atoms with Gasteiger partial charge in [0.05, 0.1) is 5.71 Å². The molecule has 6 nitrogen and oxygen atoms in total. The largest absolute Gasteiger partial charge is 0.425 e. The quantitative estimate of drug-likeness (QED) is 0.333. The Labute approximate surface area is 192 Å². The first kappa shape index (κ1) is 22.4. The molecule has 168 valence electrons. The third-order valence-electron chi connectivity index (χ3n) is 5.90. The van der Waals surface area contributed by atoms with Crippen molar-refractivity contribution in [1.29, 1.82) is 0 Å². The second kappa shape index (κ2) is 10.2. The average Bonchev–Trinajstić information content (AvgIpc) is 2.85. The minimum absolute atomic E-state index is 0.249. The van der Waals surface area contributed by atoms with Crippen molar-refractivity contribution >= 4 is 17.6 Å². The maximum Gasteiger partial charge on any atom is 0.337 e. The van der Waals surface area contributed by atoms with Crippen molar-refractivity contribution in [3.8, 4) is 5.75 Å². The van der Waals surface area contributed by atoms with E-state index in [1.165, 1.54) is 0 Å². The second-order valence-electron chi connectivity index (χ2n) is 8.01. The lowest BCUT2D eigenvalue weighted by atomic mass is 9.78. The zero-order chi connectivity index (χ0) is 23.2. The maximum atomic E-state index is 12.7. The fraction of sp³-hybridized carbons (Fsp3) is 0.222. The van der Waals surface area contributed by atoms with Gasteiger partial charge in [0.15, 0.2) is 0 Å². The summed E-state index contributed by atoms with van der Waals surface area (Å²) < 4.78 is 5.33. The van der Waals surface area contributed by atoms with E-state index in [0.717, 1.165) is 35.1 Å². The molecule has 0 fully saturated rings. The third-order valence-corrected chi connectivity index (χ3v) is 5.90. The van der Waals surface area contributed by atoms with Gasteiger partial charge < -0.3 is 15.6 Å². The molecule has 1 amide bonds. The zero-order valence-electron chi connectivity index (χ0n) is 18.2. The number of ether oxygens (including phenoxy) is 1. The van der Waals surface area contributed by atoms with E-state index in [2.05, 4.69) is 0 Å². The molecule has 0 heterocycles. The molecule has 2 atom stereocenters. The van der Waals surface area contributed by atoms with Crippen molar-refractivity contribution in [1.82, 2.24) is 0 Å². The minimum atomic E-state index is -0.789. The van der Waals surface area contributed by atoms with Crippen LogP contribution in [0.25, 0.3) is 0 Å². The number of esters is 1. The van der Waals surface area contributed by atoms with Gasteiger partial charge in [0.2, 0.25) is 5.91 Å². The lowest BCUT2D eigenvalue weighted by molar-refractivity contribution is -0.137. The van der Waals surface area contributed by atoms with Crippen LogP contribution in [-0.4, -0.2) is 35.3 Å². The molecule has 1 aliphatic carbocycles. The first-order valence-corrected chi connectivity index (χ1v) is 11.0. The van der Waals surface area contributed by atoms with Crippen LogP contribution in [-0.2, 0) is 16.0 Å². The molecule has 33 heavy (non-hydrogen) atoms. The van der Waals surface area contributed by atoms with Crippen LogP contribution in [0, 0.1) is 0 Å². The van der Waals surface area contributed by atoms with Crippen LogP contribution in [0.3, 0.4) is 0 Å². The van der Waals surface area contributed by atoms with E-state index in [-0.39, 0.29) is 5.92 Å². The van der Waals surface area contributed by atoms with Crippen LogP contribution in [0.2, 0.25) is 0 Å². The molecular formula is C27H26N2O4. The molecule has 0 saturated carbocycles. The van der Waals surface area contributed by atoms with E-state index in [1.54, 1.807) is 12.1 Å². The Kier molecular flexibility index (Phi) is 6.95. The number of rotatable bonds is 7. The number of aliphatic hydroxyl groups is 1. The fourth-order valence-electron chi connectivity index (χ4n) is 4.43. The Morgan fingerprint density at radius 2 is 1.61 bits per heavy atom. The van der Waals surface area contributed by atoms with Crippen LogP contribution < -0.4 is 10.5 Å². The lowest BCUT2D eigenvalue weighted by Crippen LogP contribution is -2.35. The highest BCUT2D eigenvalue weighted by molar-refractivity contribution is 6.13. The van der Waals surface area contributed by atoms with E-state index in [1.807, 2.05) is 66.7 Å². The standard InChI is InChI=1S/C27H26N2O4/c28-27(32)26(29-25(18-9-3-1-4-10-18)19-11-5-2-6-12-19)22-15-7-14-21-20(22)13-8-16-23(21)33-24(31)17-30/h1-6,8-13,16,22,26,30H,7,14-15,17H2,(H2,28,32). The summed E-state index contributed by atoms with van der Waals surface area (Å²) in [5.41, 5.74) is 10.2.